The molecular formula is C18H22N4O. The van der Waals surface area contributed by atoms with Crippen LogP contribution in [0.3, 0.4) is 0 Å². The van der Waals surface area contributed by atoms with Gasteiger partial charge in [-0.15, -0.1) is 0 Å². The lowest BCUT2D eigenvalue weighted by Crippen LogP contribution is -2.26. The van der Waals surface area contributed by atoms with Gasteiger partial charge in [-0.25, -0.2) is 4.98 Å². The Morgan fingerprint density at radius 3 is 2.70 bits per heavy atom. The van der Waals surface area contributed by atoms with Gasteiger partial charge in [0, 0.05) is 25.1 Å². The molecule has 0 saturated carbocycles. The van der Waals surface area contributed by atoms with Gasteiger partial charge in [0.1, 0.15) is 6.04 Å². The number of carbonyl (C=O) groups excluding carboxylic acids is 1. The predicted molar refractivity (Wildman–Crippen MR) is 92.3 cm³/mol. The molecule has 0 saturated heterocycles. The van der Waals surface area contributed by atoms with E-state index in [0.717, 1.165) is 23.1 Å². The molecule has 0 aliphatic heterocycles. The van der Waals surface area contributed by atoms with E-state index in [1.165, 1.54) is 0 Å². The van der Waals surface area contributed by atoms with Gasteiger partial charge in [0.15, 0.2) is 0 Å². The number of aromatic nitrogens is 3. The van der Waals surface area contributed by atoms with Crippen LogP contribution in [0.25, 0.3) is 11.0 Å². The van der Waals surface area contributed by atoms with Crippen molar-refractivity contribution >= 4 is 22.6 Å². The largest absolute Gasteiger partial charge is 0.342 e. The molecule has 3 aromatic rings. The topological polar surface area (TPSA) is 51.9 Å². The Hall–Kier alpha value is -2.56. The predicted octanol–water partition coefficient (Wildman–Crippen LogP) is 3.60. The minimum Gasteiger partial charge on any atom is -0.342 e. The van der Waals surface area contributed by atoms with Crippen LogP contribution in [-0.4, -0.2) is 20.0 Å². The van der Waals surface area contributed by atoms with Gasteiger partial charge < -0.3 is 14.5 Å². The first-order chi connectivity index (χ1) is 11.0. The molecule has 2 aromatic heterocycles. The molecule has 5 heteroatoms. The first-order valence-electron chi connectivity index (χ1n) is 7.89. The molecule has 120 valence electrons. The quantitative estimate of drug-likeness (QED) is 0.783. The van der Waals surface area contributed by atoms with Gasteiger partial charge in [0.25, 0.3) is 0 Å². The lowest BCUT2D eigenvalue weighted by Gasteiger charge is -2.20. The number of anilines is 1. The van der Waals surface area contributed by atoms with Gasteiger partial charge in [-0.1, -0.05) is 13.8 Å². The smallest absolute Gasteiger partial charge is 0.247 e. The number of aryl methyl sites for hydroxylation is 1. The Kier molecular flexibility index (Phi) is 4.19. The molecule has 0 fully saturated rings. The van der Waals surface area contributed by atoms with E-state index in [4.69, 9.17) is 0 Å². The zero-order valence-electron chi connectivity index (χ0n) is 13.7. The molecule has 3 rings (SSSR count). The summed E-state index contributed by atoms with van der Waals surface area (Å²) in [4.78, 5) is 17.1. The molecule has 0 bridgehead atoms. The van der Waals surface area contributed by atoms with Crippen LogP contribution in [0.4, 0.5) is 5.69 Å². The van der Waals surface area contributed by atoms with Crippen LogP contribution in [0.1, 0.15) is 26.3 Å². The van der Waals surface area contributed by atoms with Crippen molar-refractivity contribution in [2.24, 2.45) is 13.0 Å². The Balaban J connectivity index is 1.82. The number of carbonyl (C=O) groups is 1. The standard InChI is InChI=1S/C18H22N4O/c1-13(2)10-17(22-8-4-5-9-22)18(23)20-14-6-7-16-15(11-14)19-12-21(16)3/h4-9,11-13,17H,10H2,1-3H3,(H,20,23)/t17-/m0/s1. The molecule has 0 aliphatic carbocycles. The van der Waals surface area contributed by atoms with E-state index in [2.05, 4.69) is 24.1 Å². The van der Waals surface area contributed by atoms with Crippen molar-refractivity contribution < 1.29 is 4.79 Å². The minimum absolute atomic E-state index is 0.00480. The van der Waals surface area contributed by atoms with E-state index in [-0.39, 0.29) is 11.9 Å². The minimum atomic E-state index is -0.204. The molecule has 0 unspecified atom stereocenters. The summed E-state index contributed by atoms with van der Waals surface area (Å²) in [5.41, 5.74) is 2.71. The van der Waals surface area contributed by atoms with Crippen molar-refractivity contribution in [2.75, 3.05) is 5.32 Å². The number of fused-ring (bicyclic) bond motifs is 1. The fourth-order valence-electron chi connectivity index (χ4n) is 2.81. The molecule has 1 atom stereocenters. The van der Waals surface area contributed by atoms with Gasteiger partial charge in [-0.2, -0.15) is 0 Å². The molecule has 5 nitrogen and oxygen atoms in total. The highest BCUT2D eigenvalue weighted by Crippen LogP contribution is 2.22. The summed E-state index contributed by atoms with van der Waals surface area (Å²) in [5.74, 6) is 0.441. The first kappa shape index (κ1) is 15.3. The van der Waals surface area contributed by atoms with Gasteiger partial charge in [0.05, 0.1) is 17.4 Å². The molecule has 0 aliphatic rings. The van der Waals surface area contributed by atoms with Crippen LogP contribution in [0.2, 0.25) is 0 Å². The summed E-state index contributed by atoms with van der Waals surface area (Å²) in [6, 6.07) is 9.50. The Bertz CT molecular complexity index is 802. The van der Waals surface area contributed by atoms with Crippen LogP contribution in [0, 0.1) is 5.92 Å². The van der Waals surface area contributed by atoms with Crippen molar-refractivity contribution in [3.63, 3.8) is 0 Å². The number of amides is 1. The summed E-state index contributed by atoms with van der Waals surface area (Å²) in [6.45, 7) is 4.26. The molecule has 0 radical (unpaired) electrons. The summed E-state index contributed by atoms with van der Waals surface area (Å²) in [5, 5.41) is 3.03. The number of nitrogens with zero attached hydrogens (tertiary/aromatic N) is 3. The summed E-state index contributed by atoms with van der Waals surface area (Å²) in [7, 11) is 1.96. The van der Waals surface area contributed by atoms with Crippen molar-refractivity contribution in [3.8, 4) is 0 Å². The van der Waals surface area contributed by atoms with Crippen molar-refractivity contribution in [3.05, 3.63) is 49.1 Å². The van der Waals surface area contributed by atoms with E-state index >= 15 is 0 Å². The Morgan fingerprint density at radius 1 is 1.26 bits per heavy atom. The van der Waals surface area contributed by atoms with Gasteiger partial charge >= 0.3 is 0 Å². The van der Waals surface area contributed by atoms with Gasteiger partial charge in [-0.05, 0) is 42.7 Å². The monoisotopic (exact) mass is 310 g/mol. The lowest BCUT2D eigenvalue weighted by atomic mass is 10.0. The van der Waals surface area contributed by atoms with Crippen LogP contribution < -0.4 is 5.32 Å². The lowest BCUT2D eigenvalue weighted by molar-refractivity contribution is -0.119. The van der Waals surface area contributed by atoms with Crippen molar-refractivity contribution in [1.29, 1.82) is 0 Å². The highest BCUT2D eigenvalue weighted by molar-refractivity contribution is 5.95. The van der Waals surface area contributed by atoms with E-state index in [0.29, 0.717) is 5.92 Å². The highest BCUT2D eigenvalue weighted by atomic mass is 16.2. The SMILES string of the molecule is CC(C)C[C@@H](C(=O)Nc1ccc2c(c1)ncn2C)n1cccc1. The second-order valence-electron chi connectivity index (χ2n) is 6.32. The normalized spacial score (nSPS) is 12.7. The van der Waals surface area contributed by atoms with Crippen LogP contribution in [0.5, 0.6) is 0 Å². The summed E-state index contributed by atoms with van der Waals surface area (Å²) < 4.78 is 3.93. The van der Waals surface area contributed by atoms with E-state index in [9.17, 15) is 4.79 Å². The van der Waals surface area contributed by atoms with Crippen LogP contribution in [-0.2, 0) is 11.8 Å². The summed E-state index contributed by atoms with van der Waals surface area (Å²) in [6.07, 6.45) is 6.45. The zero-order chi connectivity index (χ0) is 16.4. The van der Waals surface area contributed by atoms with E-state index in [1.54, 1.807) is 6.33 Å². The maximum Gasteiger partial charge on any atom is 0.247 e. The zero-order valence-corrected chi connectivity index (χ0v) is 13.7. The van der Waals surface area contributed by atoms with Gasteiger partial charge in [-0.3, -0.25) is 4.79 Å². The summed E-state index contributed by atoms with van der Waals surface area (Å²) >= 11 is 0. The second kappa shape index (κ2) is 6.28. The molecule has 1 N–H and O–H groups in total. The third-order valence-corrected chi connectivity index (χ3v) is 3.98. The molecule has 1 amide bonds. The average molecular weight is 310 g/mol. The van der Waals surface area contributed by atoms with Crippen LogP contribution in [0.15, 0.2) is 49.1 Å². The molecule has 2 heterocycles. The number of nitrogens with one attached hydrogen (secondary N) is 1. The molecule has 23 heavy (non-hydrogen) atoms. The van der Waals surface area contributed by atoms with Crippen molar-refractivity contribution in [2.45, 2.75) is 26.3 Å². The fraction of sp³-hybridized carbons (Fsp3) is 0.333. The molecule has 1 aromatic carbocycles. The third kappa shape index (κ3) is 3.28. The molecular weight excluding hydrogens is 288 g/mol. The Morgan fingerprint density at radius 2 is 2.00 bits per heavy atom. The number of rotatable bonds is 5. The van der Waals surface area contributed by atoms with E-state index < -0.39 is 0 Å². The van der Waals surface area contributed by atoms with Crippen LogP contribution >= 0.6 is 0 Å². The molecule has 0 spiro atoms. The first-order valence-corrected chi connectivity index (χ1v) is 7.89. The van der Waals surface area contributed by atoms with Gasteiger partial charge in [0.2, 0.25) is 5.91 Å². The fourth-order valence-corrected chi connectivity index (χ4v) is 2.81. The maximum absolute atomic E-state index is 12.7. The average Bonchev–Trinajstić information content (AvgIpc) is 3.15. The Labute approximate surface area is 135 Å². The number of hydrogen-bond donors (Lipinski definition) is 1. The number of benzene rings is 1. The third-order valence-electron chi connectivity index (χ3n) is 3.98. The van der Waals surface area contributed by atoms with E-state index in [1.807, 2.05) is 58.9 Å². The highest BCUT2D eigenvalue weighted by Gasteiger charge is 2.21. The maximum atomic E-state index is 12.7. The van der Waals surface area contributed by atoms with Crippen molar-refractivity contribution in [1.82, 2.24) is 14.1 Å². The number of imidazole rings is 1. The number of hydrogen-bond acceptors (Lipinski definition) is 2. The second-order valence-corrected chi connectivity index (χ2v) is 6.32.